The van der Waals surface area contributed by atoms with Gasteiger partial charge in [-0.05, 0) is 32.9 Å². The minimum atomic E-state index is -0.190. The molecule has 5 nitrogen and oxygen atoms in total. The fourth-order valence-electron chi connectivity index (χ4n) is 1.37. The Morgan fingerprint density at radius 1 is 1.27 bits per heavy atom. The highest BCUT2D eigenvalue weighted by molar-refractivity contribution is 5.77. The van der Waals surface area contributed by atoms with Gasteiger partial charge in [-0.1, -0.05) is 34.1 Å². The Balaban J connectivity index is 0. The third-order valence-corrected chi connectivity index (χ3v) is 2.71. The number of carbonyl (C=O) groups is 1. The third-order valence-electron chi connectivity index (χ3n) is 2.71. The average Bonchev–Trinajstić information content (AvgIpc) is 2.50. The normalized spacial score (nSPS) is 12.1. The van der Waals surface area contributed by atoms with Gasteiger partial charge in [0.05, 0.1) is 0 Å². The van der Waals surface area contributed by atoms with Crippen LogP contribution in [-0.4, -0.2) is 30.5 Å². The first-order chi connectivity index (χ1) is 10.6. The summed E-state index contributed by atoms with van der Waals surface area (Å²) >= 11 is 0. The van der Waals surface area contributed by atoms with E-state index in [0.717, 1.165) is 6.04 Å². The summed E-state index contributed by atoms with van der Waals surface area (Å²) in [6.07, 6.45) is 5.66. The molecule has 1 aromatic heterocycles. The molecule has 0 unspecified atom stereocenters. The lowest BCUT2D eigenvalue weighted by atomic mass is 9.94. The van der Waals surface area contributed by atoms with Crippen LogP contribution in [0.1, 0.15) is 53.9 Å². The predicted octanol–water partition coefficient (Wildman–Crippen LogP) is 3.15. The number of pyridine rings is 1. The van der Waals surface area contributed by atoms with Gasteiger partial charge in [0.1, 0.15) is 12.4 Å². The molecule has 1 saturated carbocycles. The van der Waals surface area contributed by atoms with Crippen LogP contribution in [0, 0.1) is 0 Å². The Morgan fingerprint density at radius 3 is 2.14 bits per heavy atom. The van der Waals surface area contributed by atoms with Crippen LogP contribution in [-0.2, 0) is 4.79 Å². The Hall–Kier alpha value is -1.62. The number of hydrogen-bond donors (Lipinski definition) is 2. The molecule has 0 aromatic carbocycles. The topological polar surface area (TPSA) is 71.2 Å². The zero-order valence-electron chi connectivity index (χ0n) is 14.9. The molecule has 22 heavy (non-hydrogen) atoms. The van der Waals surface area contributed by atoms with E-state index in [2.05, 4.69) is 10.3 Å². The number of ketones is 1. The van der Waals surface area contributed by atoms with Crippen molar-refractivity contribution in [2.24, 2.45) is 0 Å². The van der Waals surface area contributed by atoms with Crippen molar-refractivity contribution in [3.05, 3.63) is 28.7 Å². The maximum absolute atomic E-state index is 10.6. The summed E-state index contributed by atoms with van der Waals surface area (Å²) in [4.78, 5) is 23.5. The van der Waals surface area contributed by atoms with E-state index in [9.17, 15) is 9.59 Å². The first-order valence-electron chi connectivity index (χ1n) is 8.10. The molecule has 0 atom stereocenters. The fourth-order valence-corrected chi connectivity index (χ4v) is 1.37. The Morgan fingerprint density at radius 2 is 1.86 bits per heavy atom. The highest BCUT2D eigenvalue weighted by Gasteiger charge is 2.13. The van der Waals surface area contributed by atoms with Crippen molar-refractivity contribution in [3.63, 3.8) is 0 Å². The fraction of sp³-hybridized carbons (Fsp3) is 0.647. The van der Waals surface area contributed by atoms with Gasteiger partial charge in [0.2, 0.25) is 5.56 Å². The van der Waals surface area contributed by atoms with Crippen LogP contribution in [0.4, 0.5) is 0 Å². The van der Waals surface area contributed by atoms with Crippen molar-refractivity contribution >= 4 is 5.78 Å². The molecule has 5 heteroatoms. The molecule has 0 spiro atoms. The largest absolute Gasteiger partial charge is 0.484 e. The van der Waals surface area contributed by atoms with E-state index in [1.807, 2.05) is 34.7 Å². The maximum Gasteiger partial charge on any atom is 0.248 e. The standard InChI is InChI=1S/C8H9NO3.C5H11N.2C2H6/c1-6(10)5-12-7-2-3-8(11)9-4-7;1-6-5-3-2-4-5;2*1-2/h2-4H,5H2,1H3,(H,9,11);5-6H,2-4H2,1H3;2*1-2H3. The van der Waals surface area contributed by atoms with Crippen LogP contribution in [0.3, 0.4) is 0 Å². The molecule has 0 saturated heterocycles. The summed E-state index contributed by atoms with van der Waals surface area (Å²) in [5, 5.41) is 3.20. The Kier molecular flexibility index (Phi) is 16.2. The number of carbonyl (C=O) groups excluding carboxylic acids is 1. The number of ether oxygens (including phenoxy) is 1. The number of aromatic amines is 1. The quantitative estimate of drug-likeness (QED) is 0.896. The first kappa shape index (κ1) is 22.7. The van der Waals surface area contributed by atoms with Crippen LogP contribution >= 0.6 is 0 Å². The molecular weight excluding hydrogens is 280 g/mol. The molecule has 1 heterocycles. The van der Waals surface area contributed by atoms with Crippen LogP contribution in [0.2, 0.25) is 0 Å². The van der Waals surface area contributed by atoms with Crippen LogP contribution in [0.5, 0.6) is 5.75 Å². The van der Waals surface area contributed by atoms with Crippen molar-refractivity contribution in [2.75, 3.05) is 13.7 Å². The van der Waals surface area contributed by atoms with Crippen molar-refractivity contribution in [2.45, 2.75) is 59.9 Å². The number of aromatic nitrogens is 1. The molecule has 1 aromatic rings. The van der Waals surface area contributed by atoms with E-state index in [4.69, 9.17) is 4.74 Å². The minimum absolute atomic E-state index is 0.0338. The van der Waals surface area contributed by atoms with Crippen LogP contribution < -0.4 is 15.6 Å². The molecule has 0 bridgehead atoms. The Labute approximate surface area is 134 Å². The van der Waals surface area contributed by atoms with E-state index in [0.29, 0.717) is 5.75 Å². The Bertz CT molecular complexity index is 403. The molecule has 0 amide bonds. The molecule has 1 aliphatic carbocycles. The van der Waals surface area contributed by atoms with Crippen molar-refractivity contribution < 1.29 is 9.53 Å². The number of rotatable bonds is 4. The van der Waals surface area contributed by atoms with Gasteiger partial charge in [0.15, 0.2) is 5.78 Å². The molecule has 2 N–H and O–H groups in total. The summed E-state index contributed by atoms with van der Waals surface area (Å²) in [6, 6.07) is 3.72. The first-order valence-corrected chi connectivity index (χ1v) is 8.10. The molecule has 0 radical (unpaired) electrons. The summed E-state index contributed by atoms with van der Waals surface area (Å²) in [5.41, 5.74) is -0.190. The van der Waals surface area contributed by atoms with Gasteiger partial charge >= 0.3 is 0 Å². The zero-order chi connectivity index (χ0) is 17.4. The maximum atomic E-state index is 10.6. The SMILES string of the molecule is CC.CC.CC(=O)COc1ccc(=O)[nH]c1.CNC1CCC1. The second-order valence-electron chi connectivity index (χ2n) is 4.30. The van der Waals surface area contributed by atoms with Gasteiger partial charge in [-0.25, -0.2) is 0 Å². The zero-order valence-corrected chi connectivity index (χ0v) is 14.9. The van der Waals surface area contributed by atoms with E-state index < -0.39 is 0 Å². The second kappa shape index (κ2) is 15.8. The van der Waals surface area contributed by atoms with Crippen LogP contribution in [0.25, 0.3) is 0 Å². The summed E-state index contributed by atoms with van der Waals surface area (Å²) in [5.74, 6) is 0.436. The summed E-state index contributed by atoms with van der Waals surface area (Å²) in [7, 11) is 2.03. The predicted molar refractivity (Wildman–Crippen MR) is 92.6 cm³/mol. The van der Waals surface area contributed by atoms with Gasteiger partial charge in [0.25, 0.3) is 0 Å². The lowest BCUT2D eigenvalue weighted by molar-refractivity contribution is -0.118. The monoisotopic (exact) mass is 312 g/mol. The number of hydrogen-bond acceptors (Lipinski definition) is 4. The van der Waals surface area contributed by atoms with Gasteiger partial charge < -0.3 is 15.0 Å². The lowest BCUT2D eigenvalue weighted by Crippen LogP contribution is -2.31. The highest BCUT2D eigenvalue weighted by Crippen LogP contribution is 2.16. The summed E-state index contributed by atoms with van der Waals surface area (Å²) in [6.45, 7) is 9.47. The van der Waals surface area contributed by atoms with E-state index >= 15 is 0 Å². The van der Waals surface area contributed by atoms with Crippen molar-refractivity contribution in [3.8, 4) is 5.75 Å². The minimum Gasteiger partial charge on any atom is -0.484 e. The lowest BCUT2D eigenvalue weighted by Gasteiger charge is -2.23. The van der Waals surface area contributed by atoms with Gasteiger partial charge in [-0.3, -0.25) is 9.59 Å². The second-order valence-corrected chi connectivity index (χ2v) is 4.30. The highest BCUT2D eigenvalue weighted by atomic mass is 16.5. The van der Waals surface area contributed by atoms with E-state index in [1.165, 1.54) is 44.5 Å². The van der Waals surface area contributed by atoms with Gasteiger partial charge in [-0.15, -0.1) is 0 Å². The van der Waals surface area contributed by atoms with Crippen molar-refractivity contribution in [1.82, 2.24) is 10.3 Å². The smallest absolute Gasteiger partial charge is 0.248 e. The molecular formula is C17H32N2O3. The molecule has 2 rings (SSSR count). The van der Waals surface area contributed by atoms with E-state index in [-0.39, 0.29) is 17.9 Å². The number of Topliss-reactive ketones (excluding diaryl/α,β-unsaturated/α-hetero) is 1. The molecule has 1 fully saturated rings. The number of H-pyrrole nitrogens is 1. The number of nitrogens with one attached hydrogen (secondary N) is 2. The molecule has 1 aliphatic rings. The van der Waals surface area contributed by atoms with Crippen molar-refractivity contribution in [1.29, 1.82) is 0 Å². The van der Waals surface area contributed by atoms with Gasteiger partial charge in [0, 0.05) is 18.3 Å². The third kappa shape index (κ3) is 12.1. The summed E-state index contributed by atoms with van der Waals surface area (Å²) < 4.78 is 5.00. The van der Waals surface area contributed by atoms with Crippen LogP contribution in [0.15, 0.2) is 23.1 Å². The van der Waals surface area contributed by atoms with E-state index in [1.54, 1.807) is 0 Å². The molecule has 0 aliphatic heterocycles. The average molecular weight is 312 g/mol. The molecule has 128 valence electrons. The van der Waals surface area contributed by atoms with Gasteiger partial charge in [-0.2, -0.15) is 0 Å².